The molecule has 21 heavy (non-hydrogen) atoms. The Morgan fingerprint density at radius 3 is 3.05 bits per heavy atom. The summed E-state index contributed by atoms with van der Waals surface area (Å²) in [6.45, 7) is 8.01. The highest BCUT2D eigenvalue weighted by Crippen LogP contribution is 2.30. The Hall–Kier alpha value is -1.18. The number of thioether (sulfide) groups is 1. The fraction of sp³-hybridized carbons (Fsp3) is 0.500. The van der Waals surface area contributed by atoms with Crippen molar-refractivity contribution >= 4 is 34.0 Å². The number of aromatic nitrogens is 1. The maximum Gasteiger partial charge on any atom is 0.223 e. The molecule has 0 saturated carbocycles. The Kier molecular flexibility index (Phi) is 5.18. The first kappa shape index (κ1) is 16.2. The van der Waals surface area contributed by atoms with Crippen LogP contribution in [0.5, 0.6) is 0 Å². The van der Waals surface area contributed by atoms with E-state index in [-0.39, 0.29) is 17.9 Å². The van der Waals surface area contributed by atoms with Gasteiger partial charge in [0.1, 0.15) is 15.7 Å². The van der Waals surface area contributed by atoms with E-state index in [1.54, 1.807) is 11.8 Å². The van der Waals surface area contributed by atoms with E-state index in [2.05, 4.69) is 35.7 Å². The van der Waals surface area contributed by atoms with Crippen molar-refractivity contribution in [2.24, 2.45) is 4.99 Å². The van der Waals surface area contributed by atoms with E-state index < -0.39 is 6.10 Å². The zero-order valence-corrected chi connectivity index (χ0v) is 13.8. The van der Waals surface area contributed by atoms with Gasteiger partial charge in [0, 0.05) is 11.1 Å². The fourth-order valence-electron chi connectivity index (χ4n) is 1.73. The molecule has 0 saturated heterocycles. The highest BCUT2D eigenvalue weighted by molar-refractivity contribution is 8.14. The summed E-state index contributed by atoms with van der Waals surface area (Å²) in [5, 5.41) is 15.8. The van der Waals surface area contributed by atoms with Gasteiger partial charge in [-0.3, -0.25) is 9.79 Å². The topological polar surface area (TPSA) is 74.6 Å². The molecule has 5 nitrogen and oxygen atoms in total. The Morgan fingerprint density at radius 2 is 2.43 bits per heavy atom. The predicted octanol–water partition coefficient (Wildman–Crippen LogP) is 1.97. The molecule has 0 bridgehead atoms. The van der Waals surface area contributed by atoms with Gasteiger partial charge in [-0.25, -0.2) is 4.98 Å². The monoisotopic (exact) mass is 325 g/mol. The van der Waals surface area contributed by atoms with Crippen molar-refractivity contribution in [3.05, 3.63) is 28.7 Å². The number of thiazole rings is 1. The standard InChI is InChI=1S/C14H19N3O2S2/c1-4-9(18)5-11(19)15-6-12-16-10(7-20-12)13-17-14(2,3)8-21-13/h4,7,9,18H,1,5-6,8H2,2-3H3,(H,15,19)/t9-/m1/s1. The molecule has 0 unspecified atom stereocenters. The lowest BCUT2D eigenvalue weighted by Gasteiger charge is -2.09. The third kappa shape index (κ3) is 4.66. The van der Waals surface area contributed by atoms with E-state index in [9.17, 15) is 9.90 Å². The highest BCUT2D eigenvalue weighted by atomic mass is 32.2. The lowest BCUT2D eigenvalue weighted by molar-refractivity contribution is -0.122. The normalized spacial score (nSPS) is 18.1. The van der Waals surface area contributed by atoms with E-state index in [0.29, 0.717) is 6.54 Å². The summed E-state index contributed by atoms with van der Waals surface area (Å²) in [5.74, 6) is 0.749. The maximum atomic E-state index is 11.6. The first-order valence-electron chi connectivity index (χ1n) is 6.64. The van der Waals surface area contributed by atoms with Gasteiger partial charge in [-0.15, -0.1) is 29.7 Å². The molecular formula is C14H19N3O2S2. The molecule has 1 aliphatic heterocycles. The van der Waals surface area contributed by atoms with Gasteiger partial charge >= 0.3 is 0 Å². The minimum absolute atomic E-state index is 0.0263. The number of aliphatic hydroxyl groups excluding tert-OH is 1. The number of aliphatic hydroxyl groups is 1. The Labute approximate surface area is 132 Å². The molecular weight excluding hydrogens is 306 g/mol. The van der Waals surface area contributed by atoms with Gasteiger partial charge in [-0.1, -0.05) is 6.08 Å². The molecule has 2 rings (SSSR count). The summed E-state index contributed by atoms with van der Waals surface area (Å²) in [5.41, 5.74) is 0.852. The number of nitrogens with one attached hydrogen (secondary N) is 1. The second-order valence-corrected chi connectivity index (χ2v) is 7.34. The Bertz CT molecular complexity index is 566. The number of amides is 1. The second-order valence-electron chi connectivity index (χ2n) is 5.43. The third-order valence-electron chi connectivity index (χ3n) is 2.84. The smallest absolute Gasteiger partial charge is 0.223 e. The number of rotatable bonds is 6. The third-order valence-corrected chi connectivity index (χ3v) is 5.11. The lowest BCUT2D eigenvalue weighted by Crippen LogP contribution is -2.26. The quantitative estimate of drug-likeness (QED) is 0.784. The average Bonchev–Trinajstić information content (AvgIpc) is 3.02. The molecule has 1 aliphatic rings. The Balaban J connectivity index is 1.89. The second kappa shape index (κ2) is 6.72. The average molecular weight is 325 g/mol. The molecule has 0 spiro atoms. The van der Waals surface area contributed by atoms with Gasteiger partial charge in [-0.05, 0) is 13.8 Å². The molecule has 0 radical (unpaired) electrons. The van der Waals surface area contributed by atoms with Gasteiger partial charge in [-0.2, -0.15) is 0 Å². The van der Waals surface area contributed by atoms with Crippen LogP contribution < -0.4 is 5.32 Å². The van der Waals surface area contributed by atoms with E-state index in [0.717, 1.165) is 21.5 Å². The zero-order valence-electron chi connectivity index (χ0n) is 12.1. The molecule has 2 heterocycles. The summed E-state index contributed by atoms with van der Waals surface area (Å²) < 4.78 is 0. The van der Waals surface area contributed by atoms with E-state index >= 15 is 0 Å². The highest BCUT2D eigenvalue weighted by Gasteiger charge is 2.27. The number of aliphatic imine (C=N–C) groups is 1. The van der Waals surface area contributed by atoms with Gasteiger partial charge in [0.05, 0.1) is 24.6 Å². The number of carbonyl (C=O) groups is 1. The van der Waals surface area contributed by atoms with Crippen molar-refractivity contribution in [2.75, 3.05) is 5.75 Å². The van der Waals surface area contributed by atoms with Crippen LogP contribution in [0, 0.1) is 0 Å². The summed E-state index contributed by atoms with van der Waals surface area (Å²) in [6, 6.07) is 0. The number of hydrogen-bond acceptors (Lipinski definition) is 6. The maximum absolute atomic E-state index is 11.6. The van der Waals surface area contributed by atoms with Gasteiger partial charge in [0.2, 0.25) is 5.91 Å². The number of nitrogens with zero attached hydrogens (tertiary/aromatic N) is 2. The molecule has 2 N–H and O–H groups in total. The van der Waals surface area contributed by atoms with E-state index in [4.69, 9.17) is 0 Å². The van der Waals surface area contributed by atoms with Crippen LogP contribution in [0.15, 0.2) is 23.0 Å². The summed E-state index contributed by atoms with van der Waals surface area (Å²) in [6.07, 6.45) is 0.569. The molecule has 114 valence electrons. The number of carbonyl (C=O) groups excluding carboxylic acids is 1. The minimum Gasteiger partial charge on any atom is -0.389 e. The molecule has 1 aromatic heterocycles. The van der Waals surface area contributed by atoms with Crippen LogP contribution in [0.4, 0.5) is 0 Å². The molecule has 0 aromatic carbocycles. The minimum atomic E-state index is -0.802. The van der Waals surface area contributed by atoms with Crippen LogP contribution in [0.3, 0.4) is 0 Å². The van der Waals surface area contributed by atoms with Gasteiger partial charge in [0.25, 0.3) is 0 Å². The number of hydrogen-bond donors (Lipinski definition) is 2. The summed E-state index contributed by atoms with van der Waals surface area (Å²) >= 11 is 3.21. The largest absolute Gasteiger partial charge is 0.389 e. The fourth-order valence-corrected chi connectivity index (χ4v) is 3.64. The van der Waals surface area contributed by atoms with Crippen LogP contribution >= 0.6 is 23.1 Å². The molecule has 1 aromatic rings. The zero-order chi connectivity index (χ0) is 15.5. The van der Waals surface area contributed by atoms with Crippen molar-refractivity contribution in [2.45, 2.75) is 38.5 Å². The lowest BCUT2D eigenvalue weighted by atomic mass is 10.1. The SMILES string of the molecule is C=C[C@@H](O)CC(=O)NCc1nc(C2=NC(C)(C)CS2)cs1. The van der Waals surface area contributed by atoms with Gasteiger partial charge in [0.15, 0.2) is 0 Å². The summed E-state index contributed by atoms with van der Waals surface area (Å²) in [7, 11) is 0. The van der Waals surface area contributed by atoms with Crippen molar-refractivity contribution in [3.8, 4) is 0 Å². The molecule has 1 atom stereocenters. The van der Waals surface area contributed by atoms with E-state index in [1.165, 1.54) is 17.4 Å². The van der Waals surface area contributed by atoms with Crippen molar-refractivity contribution in [3.63, 3.8) is 0 Å². The van der Waals surface area contributed by atoms with Gasteiger partial charge < -0.3 is 10.4 Å². The first-order valence-corrected chi connectivity index (χ1v) is 8.51. The summed E-state index contributed by atoms with van der Waals surface area (Å²) in [4.78, 5) is 20.7. The van der Waals surface area contributed by atoms with E-state index in [1.807, 2.05) is 5.38 Å². The first-order chi connectivity index (χ1) is 9.89. The Morgan fingerprint density at radius 1 is 1.67 bits per heavy atom. The van der Waals surface area contributed by atoms with Crippen LogP contribution in [0.1, 0.15) is 31.0 Å². The van der Waals surface area contributed by atoms with Crippen molar-refractivity contribution in [1.29, 1.82) is 0 Å². The van der Waals surface area contributed by atoms with Crippen LogP contribution in [0.25, 0.3) is 0 Å². The predicted molar refractivity (Wildman–Crippen MR) is 87.9 cm³/mol. The molecule has 1 amide bonds. The molecule has 7 heteroatoms. The molecule has 0 fully saturated rings. The molecule has 0 aliphatic carbocycles. The van der Waals surface area contributed by atoms with Crippen LogP contribution in [0.2, 0.25) is 0 Å². The van der Waals surface area contributed by atoms with Crippen molar-refractivity contribution in [1.82, 2.24) is 10.3 Å². The van der Waals surface area contributed by atoms with Crippen LogP contribution in [-0.2, 0) is 11.3 Å². The van der Waals surface area contributed by atoms with Crippen LogP contribution in [-0.4, -0.2) is 38.4 Å². The van der Waals surface area contributed by atoms with Crippen molar-refractivity contribution < 1.29 is 9.90 Å².